The summed E-state index contributed by atoms with van der Waals surface area (Å²) in [5, 5.41) is 0.649. The van der Waals surface area contributed by atoms with Crippen molar-refractivity contribution < 1.29 is 13.2 Å². The summed E-state index contributed by atoms with van der Waals surface area (Å²) < 4.78 is 36.4. The molecule has 2 saturated heterocycles. The van der Waals surface area contributed by atoms with E-state index in [0.29, 0.717) is 35.0 Å². The van der Waals surface area contributed by atoms with Gasteiger partial charge in [-0.05, 0) is 47.7 Å². The van der Waals surface area contributed by atoms with Gasteiger partial charge in [0, 0.05) is 52.2 Å². The molecule has 2 atom stereocenters. The molecule has 2 aliphatic heterocycles. The maximum absolute atomic E-state index is 12.9. The Morgan fingerprint density at radius 1 is 1.00 bits per heavy atom. The smallest absolute Gasteiger partial charge is 0.279 e. The maximum atomic E-state index is 12.9. The third kappa shape index (κ3) is 4.13. The van der Waals surface area contributed by atoms with Crippen LogP contribution in [0.4, 0.5) is 0 Å². The summed E-state index contributed by atoms with van der Waals surface area (Å²) in [6.07, 6.45) is 3.46. The van der Waals surface area contributed by atoms with Gasteiger partial charge in [0.2, 0.25) is 10.0 Å². The standard InChI is InChI=1S/C25H26N4O3S2/c1-27-11-10-22(17-27)34(30,31)29-15-19-13-28(14-20(19)16-29)12-18-6-8-21(9-7-18)32-25-26-23-4-2-3-5-24(23)33-25/h2-11,17,19-20H,12-16H2,1H3. The number of likely N-dealkylation sites (tertiary alicyclic amines) is 1. The molecule has 4 heterocycles. The van der Waals surface area contributed by atoms with Crippen molar-refractivity contribution in [3.05, 3.63) is 72.6 Å². The molecular formula is C25H26N4O3S2. The minimum atomic E-state index is -3.40. The molecule has 0 spiro atoms. The maximum Gasteiger partial charge on any atom is 0.279 e. The average Bonchev–Trinajstić information content (AvgIpc) is 3.58. The van der Waals surface area contributed by atoms with Gasteiger partial charge in [0.15, 0.2) is 0 Å². The lowest BCUT2D eigenvalue weighted by Gasteiger charge is -2.21. The lowest BCUT2D eigenvalue weighted by Crippen LogP contribution is -2.33. The van der Waals surface area contributed by atoms with Crippen molar-refractivity contribution in [3.8, 4) is 10.9 Å². The first-order valence-electron chi connectivity index (χ1n) is 11.4. The molecule has 2 unspecified atom stereocenters. The number of nitrogens with zero attached hydrogens (tertiary/aromatic N) is 4. The summed E-state index contributed by atoms with van der Waals surface area (Å²) in [5.74, 6) is 1.56. The minimum absolute atomic E-state index is 0.389. The van der Waals surface area contributed by atoms with Gasteiger partial charge in [-0.3, -0.25) is 4.90 Å². The third-order valence-electron chi connectivity index (χ3n) is 6.78. The molecule has 9 heteroatoms. The quantitative estimate of drug-likeness (QED) is 0.402. The minimum Gasteiger partial charge on any atom is -0.431 e. The highest BCUT2D eigenvalue weighted by molar-refractivity contribution is 7.89. The second-order valence-electron chi connectivity index (χ2n) is 9.24. The lowest BCUT2D eigenvalue weighted by atomic mass is 10.0. The van der Waals surface area contributed by atoms with Crippen LogP contribution < -0.4 is 4.74 Å². The molecule has 2 fully saturated rings. The second-order valence-corrected chi connectivity index (χ2v) is 12.2. The highest BCUT2D eigenvalue weighted by Gasteiger charge is 2.44. The van der Waals surface area contributed by atoms with E-state index < -0.39 is 10.0 Å². The van der Waals surface area contributed by atoms with Crippen LogP contribution in [0.2, 0.25) is 0 Å². The van der Waals surface area contributed by atoms with E-state index in [4.69, 9.17) is 4.74 Å². The zero-order chi connectivity index (χ0) is 23.3. The van der Waals surface area contributed by atoms with Crippen LogP contribution in [-0.4, -0.2) is 53.4 Å². The number of fused-ring (bicyclic) bond motifs is 2. The number of hydrogen-bond acceptors (Lipinski definition) is 6. The Bertz CT molecular complexity index is 1380. The predicted molar refractivity (Wildman–Crippen MR) is 133 cm³/mol. The van der Waals surface area contributed by atoms with Crippen LogP contribution >= 0.6 is 11.3 Å². The van der Waals surface area contributed by atoms with E-state index in [2.05, 4.69) is 22.0 Å². The number of rotatable bonds is 6. The number of hydrogen-bond donors (Lipinski definition) is 0. The van der Waals surface area contributed by atoms with Gasteiger partial charge in [-0.15, -0.1) is 0 Å². The highest BCUT2D eigenvalue weighted by Crippen LogP contribution is 2.35. The number of aromatic nitrogens is 2. The van der Waals surface area contributed by atoms with Crippen LogP contribution in [0.3, 0.4) is 0 Å². The molecule has 2 aliphatic rings. The molecule has 0 N–H and O–H groups in total. The van der Waals surface area contributed by atoms with Gasteiger partial charge in [-0.25, -0.2) is 13.4 Å². The Morgan fingerprint density at radius 3 is 2.41 bits per heavy atom. The Hall–Kier alpha value is -2.72. The first kappa shape index (κ1) is 21.8. The van der Waals surface area contributed by atoms with Crippen LogP contribution in [0.15, 0.2) is 71.9 Å². The molecule has 0 bridgehead atoms. The van der Waals surface area contributed by atoms with Crippen LogP contribution in [0.5, 0.6) is 10.9 Å². The Labute approximate surface area is 203 Å². The summed E-state index contributed by atoms with van der Waals surface area (Å²) >= 11 is 1.54. The molecule has 34 heavy (non-hydrogen) atoms. The van der Waals surface area contributed by atoms with Gasteiger partial charge in [0.1, 0.15) is 5.75 Å². The molecule has 7 nitrogen and oxygen atoms in total. The fourth-order valence-corrected chi connectivity index (χ4v) is 7.51. The SMILES string of the molecule is Cn1ccc(S(=O)(=O)N2CC3CN(Cc4ccc(Oc5nc6ccccc6s5)cc4)CC3C2)c1. The Kier molecular flexibility index (Phi) is 5.44. The number of aryl methyl sites for hydroxylation is 1. The van der Waals surface area contributed by atoms with Crippen molar-refractivity contribution in [2.45, 2.75) is 11.4 Å². The number of para-hydroxylation sites is 1. The van der Waals surface area contributed by atoms with Crippen molar-refractivity contribution in [3.63, 3.8) is 0 Å². The molecule has 0 aliphatic carbocycles. The fourth-order valence-electron chi connectivity index (χ4n) is 5.07. The van der Waals surface area contributed by atoms with Crippen molar-refractivity contribution in [2.75, 3.05) is 26.2 Å². The van der Waals surface area contributed by atoms with E-state index in [1.54, 1.807) is 38.7 Å². The van der Waals surface area contributed by atoms with Crippen LogP contribution in [-0.2, 0) is 23.6 Å². The Morgan fingerprint density at radius 2 is 1.74 bits per heavy atom. The van der Waals surface area contributed by atoms with E-state index >= 15 is 0 Å². The summed E-state index contributed by atoms with van der Waals surface area (Å²) in [6, 6.07) is 17.9. The van der Waals surface area contributed by atoms with E-state index in [-0.39, 0.29) is 0 Å². The molecule has 0 radical (unpaired) electrons. The van der Waals surface area contributed by atoms with Crippen molar-refractivity contribution >= 4 is 31.6 Å². The molecule has 4 aromatic rings. The van der Waals surface area contributed by atoms with Crippen molar-refractivity contribution in [1.29, 1.82) is 0 Å². The number of benzene rings is 2. The van der Waals surface area contributed by atoms with Gasteiger partial charge < -0.3 is 9.30 Å². The van der Waals surface area contributed by atoms with E-state index in [1.807, 2.05) is 43.4 Å². The molecular weight excluding hydrogens is 468 g/mol. The molecule has 0 amide bonds. The van der Waals surface area contributed by atoms with Crippen LogP contribution in [0.1, 0.15) is 5.56 Å². The third-order valence-corrected chi connectivity index (χ3v) is 9.51. The zero-order valence-corrected chi connectivity index (χ0v) is 20.5. The largest absolute Gasteiger partial charge is 0.431 e. The number of thiazole rings is 1. The van der Waals surface area contributed by atoms with E-state index in [1.165, 1.54) is 5.56 Å². The van der Waals surface area contributed by atoms with Gasteiger partial charge in [-0.1, -0.05) is 35.6 Å². The van der Waals surface area contributed by atoms with Gasteiger partial charge in [-0.2, -0.15) is 4.31 Å². The molecule has 0 saturated carbocycles. The first-order valence-corrected chi connectivity index (χ1v) is 13.7. The molecule has 2 aromatic carbocycles. The van der Waals surface area contributed by atoms with Gasteiger partial charge >= 0.3 is 0 Å². The van der Waals surface area contributed by atoms with Crippen LogP contribution in [0, 0.1) is 11.8 Å². The van der Waals surface area contributed by atoms with E-state index in [9.17, 15) is 8.42 Å². The molecule has 176 valence electrons. The topological polar surface area (TPSA) is 67.7 Å². The second kappa shape index (κ2) is 8.49. The normalized spacial score (nSPS) is 21.3. The van der Waals surface area contributed by atoms with Crippen molar-refractivity contribution in [2.24, 2.45) is 18.9 Å². The first-order chi connectivity index (χ1) is 16.4. The average molecular weight is 495 g/mol. The predicted octanol–water partition coefficient (Wildman–Crippen LogP) is 4.18. The van der Waals surface area contributed by atoms with E-state index in [0.717, 1.165) is 35.6 Å². The van der Waals surface area contributed by atoms with Crippen molar-refractivity contribution in [1.82, 2.24) is 18.8 Å². The summed E-state index contributed by atoms with van der Waals surface area (Å²) in [5.41, 5.74) is 2.18. The number of ether oxygens (including phenoxy) is 1. The summed E-state index contributed by atoms with van der Waals surface area (Å²) in [6.45, 7) is 3.92. The molecule has 6 rings (SSSR count). The van der Waals surface area contributed by atoms with Gasteiger partial charge in [0.25, 0.3) is 5.19 Å². The molecule has 2 aromatic heterocycles. The van der Waals surface area contributed by atoms with Gasteiger partial charge in [0.05, 0.1) is 15.1 Å². The summed E-state index contributed by atoms with van der Waals surface area (Å²) in [4.78, 5) is 7.35. The monoisotopic (exact) mass is 494 g/mol. The fraction of sp³-hybridized carbons (Fsp3) is 0.320. The zero-order valence-electron chi connectivity index (χ0n) is 18.9. The lowest BCUT2D eigenvalue weighted by molar-refractivity contribution is 0.289. The van der Waals surface area contributed by atoms with Crippen LogP contribution in [0.25, 0.3) is 10.2 Å². The highest BCUT2D eigenvalue weighted by atomic mass is 32.2. The summed E-state index contributed by atoms with van der Waals surface area (Å²) in [7, 11) is -1.56. The number of sulfonamides is 1. The Balaban J connectivity index is 1.05.